The molecule has 2 aliphatic rings. The number of hydrogen-bond donors (Lipinski definition) is 4. The zero-order valence-corrected chi connectivity index (χ0v) is 16.0. The van der Waals surface area contributed by atoms with Gasteiger partial charge in [0.1, 0.15) is 6.04 Å². The van der Waals surface area contributed by atoms with E-state index in [1.54, 1.807) is 11.1 Å². The second-order valence-electron chi connectivity index (χ2n) is 7.63. The number of aromatic nitrogens is 2. The predicted molar refractivity (Wildman–Crippen MR) is 105 cm³/mol. The van der Waals surface area contributed by atoms with Gasteiger partial charge < -0.3 is 20.9 Å². The number of likely N-dealkylation sites (tertiary alicyclic amines) is 1. The topological polar surface area (TPSA) is 119 Å². The average molecular weight is 396 g/mol. The second-order valence-corrected chi connectivity index (χ2v) is 7.63. The summed E-state index contributed by atoms with van der Waals surface area (Å²) in [5.41, 5.74) is 1.34. The molecule has 4 rings (SSSR count). The standard InChI is InChI=1S/C20H24N6O3/c27-17(16-11-22-19(29)24-16)26-12-20(13-26,10-14-4-2-1-3-5-14)18(28)21-8-6-15-7-9-23-25-15/h1-5,7,9,16H,6,8,10-13H2,(H,21,28)(H,23,25)(H2,22,24,29). The molecule has 9 heteroatoms. The average Bonchev–Trinajstić information content (AvgIpc) is 3.36. The number of benzene rings is 1. The van der Waals surface area contributed by atoms with Crippen molar-refractivity contribution in [1.29, 1.82) is 0 Å². The molecule has 2 aliphatic heterocycles. The van der Waals surface area contributed by atoms with Crippen molar-refractivity contribution in [2.45, 2.75) is 18.9 Å². The molecule has 1 aromatic heterocycles. The third-order valence-electron chi connectivity index (χ3n) is 5.47. The van der Waals surface area contributed by atoms with Crippen molar-refractivity contribution in [1.82, 2.24) is 31.0 Å². The first kappa shape index (κ1) is 19.0. The van der Waals surface area contributed by atoms with Gasteiger partial charge in [-0.15, -0.1) is 0 Å². The van der Waals surface area contributed by atoms with E-state index < -0.39 is 11.5 Å². The van der Waals surface area contributed by atoms with E-state index in [-0.39, 0.29) is 24.4 Å². The Morgan fingerprint density at radius 2 is 2.00 bits per heavy atom. The number of carbonyl (C=O) groups is 3. The van der Waals surface area contributed by atoms with Gasteiger partial charge in [-0.1, -0.05) is 30.3 Å². The van der Waals surface area contributed by atoms with Crippen molar-refractivity contribution in [3.05, 3.63) is 53.9 Å². The number of carbonyl (C=O) groups excluding carboxylic acids is 3. The molecule has 2 saturated heterocycles. The van der Waals surface area contributed by atoms with Gasteiger partial charge in [0.15, 0.2) is 0 Å². The van der Waals surface area contributed by atoms with Crippen LogP contribution in [0, 0.1) is 5.41 Å². The molecule has 4 N–H and O–H groups in total. The van der Waals surface area contributed by atoms with Gasteiger partial charge in [0, 0.05) is 44.5 Å². The van der Waals surface area contributed by atoms with Crippen LogP contribution in [0.5, 0.6) is 0 Å². The Labute approximate surface area is 168 Å². The molecule has 2 aromatic rings. The van der Waals surface area contributed by atoms with E-state index in [1.165, 1.54) is 0 Å². The van der Waals surface area contributed by atoms with Crippen LogP contribution in [0.15, 0.2) is 42.6 Å². The molecule has 9 nitrogen and oxygen atoms in total. The van der Waals surface area contributed by atoms with E-state index in [1.807, 2.05) is 36.4 Å². The molecule has 0 bridgehead atoms. The van der Waals surface area contributed by atoms with Crippen LogP contribution < -0.4 is 16.0 Å². The number of H-pyrrole nitrogens is 1. The van der Waals surface area contributed by atoms with Crippen LogP contribution in [-0.4, -0.2) is 65.2 Å². The normalized spacial score (nSPS) is 19.8. The van der Waals surface area contributed by atoms with Crippen molar-refractivity contribution in [2.75, 3.05) is 26.2 Å². The molecule has 1 unspecified atom stereocenters. The Morgan fingerprint density at radius 1 is 1.21 bits per heavy atom. The van der Waals surface area contributed by atoms with Crippen LogP contribution in [-0.2, 0) is 22.4 Å². The summed E-state index contributed by atoms with van der Waals surface area (Å²) >= 11 is 0. The van der Waals surface area contributed by atoms with Crippen LogP contribution in [0.1, 0.15) is 11.3 Å². The number of amides is 4. The monoisotopic (exact) mass is 396 g/mol. The van der Waals surface area contributed by atoms with Crippen molar-refractivity contribution < 1.29 is 14.4 Å². The molecule has 152 valence electrons. The van der Waals surface area contributed by atoms with Gasteiger partial charge in [-0.3, -0.25) is 14.7 Å². The lowest BCUT2D eigenvalue weighted by Gasteiger charge is -2.49. The Kier molecular flexibility index (Phi) is 5.20. The fourth-order valence-electron chi connectivity index (χ4n) is 3.91. The highest BCUT2D eigenvalue weighted by molar-refractivity contribution is 5.93. The van der Waals surface area contributed by atoms with Crippen LogP contribution >= 0.6 is 0 Å². The minimum absolute atomic E-state index is 0.0569. The van der Waals surface area contributed by atoms with Gasteiger partial charge in [0.25, 0.3) is 0 Å². The summed E-state index contributed by atoms with van der Waals surface area (Å²) in [5, 5.41) is 15.0. The third-order valence-corrected chi connectivity index (χ3v) is 5.47. The Hall–Kier alpha value is -3.36. The van der Waals surface area contributed by atoms with Crippen molar-refractivity contribution in [3.63, 3.8) is 0 Å². The second kappa shape index (κ2) is 7.94. The molecule has 0 aliphatic carbocycles. The van der Waals surface area contributed by atoms with Crippen LogP contribution in [0.3, 0.4) is 0 Å². The molecule has 29 heavy (non-hydrogen) atoms. The summed E-state index contributed by atoms with van der Waals surface area (Å²) in [7, 11) is 0. The number of nitrogens with one attached hydrogen (secondary N) is 4. The van der Waals surface area contributed by atoms with Gasteiger partial charge in [-0.05, 0) is 18.1 Å². The van der Waals surface area contributed by atoms with Gasteiger partial charge >= 0.3 is 6.03 Å². The van der Waals surface area contributed by atoms with Gasteiger partial charge in [-0.2, -0.15) is 5.10 Å². The molecular formula is C20H24N6O3. The maximum absolute atomic E-state index is 13.1. The Morgan fingerprint density at radius 3 is 2.66 bits per heavy atom. The number of hydrogen-bond acceptors (Lipinski definition) is 4. The van der Waals surface area contributed by atoms with E-state index in [0.29, 0.717) is 32.5 Å². The van der Waals surface area contributed by atoms with Crippen molar-refractivity contribution >= 4 is 17.8 Å². The van der Waals surface area contributed by atoms with E-state index in [9.17, 15) is 14.4 Å². The highest BCUT2D eigenvalue weighted by atomic mass is 16.2. The van der Waals surface area contributed by atoms with E-state index >= 15 is 0 Å². The van der Waals surface area contributed by atoms with Crippen molar-refractivity contribution in [2.24, 2.45) is 5.41 Å². The maximum atomic E-state index is 13.1. The summed E-state index contributed by atoms with van der Waals surface area (Å²) in [5.74, 6) is -0.212. The zero-order valence-electron chi connectivity index (χ0n) is 16.0. The van der Waals surface area contributed by atoms with Gasteiger partial charge in [0.2, 0.25) is 11.8 Å². The number of rotatable bonds is 7. The van der Waals surface area contributed by atoms with Gasteiger partial charge in [0.05, 0.1) is 5.41 Å². The molecular weight excluding hydrogens is 372 g/mol. The smallest absolute Gasteiger partial charge is 0.315 e. The molecule has 4 amide bonds. The predicted octanol–water partition coefficient (Wildman–Crippen LogP) is -0.179. The first-order valence-corrected chi connectivity index (χ1v) is 9.69. The zero-order chi connectivity index (χ0) is 20.3. The molecule has 0 radical (unpaired) electrons. The molecule has 1 aromatic carbocycles. The van der Waals surface area contributed by atoms with Crippen LogP contribution in [0.2, 0.25) is 0 Å². The lowest BCUT2D eigenvalue weighted by Crippen LogP contribution is -2.67. The number of urea groups is 1. The summed E-state index contributed by atoms with van der Waals surface area (Å²) in [6.07, 6.45) is 2.90. The molecule has 3 heterocycles. The SMILES string of the molecule is O=C1NCC(C(=O)N2CC(Cc3ccccc3)(C(=O)NCCc3ccn[nH]3)C2)N1. The number of nitrogens with zero attached hydrogens (tertiary/aromatic N) is 2. The van der Waals surface area contributed by atoms with Crippen LogP contribution in [0.25, 0.3) is 0 Å². The summed E-state index contributed by atoms with van der Waals surface area (Å²) < 4.78 is 0. The minimum atomic E-state index is -0.666. The van der Waals surface area contributed by atoms with Crippen LogP contribution in [0.4, 0.5) is 4.79 Å². The third kappa shape index (κ3) is 4.08. The summed E-state index contributed by atoms with van der Waals surface area (Å²) in [6, 6.07) is 10.8. The Balaban J connectivity index is 1.40. The quantitative estimate of drug-likeness (QED) is 0.519. The molecule has 1 atom stereocenters. The summed E-state index contributed by atoms with van der Waals surface area (Å²) in [6.45, 7) is 1.44. The first-order valence-electron chi connectivity index (χ1n) is 9.69. The largest absolute Gasteiger partial charge is 0.355 e. The lowest BCUT2D eigenvalue weighted by molar-refractivity contribution is -0.154. The fraction of sp³-hybridized carbons (Fsp3) is 0.400. The molecule has 0 saturated carbocycles. The van der Waals surface area contributed by atoms with Crippen molar-refractivity contribution in [3.8, 4) is 0 Å². The van der Waals surface area contributed by atoms with Gasteiger partial charge in [-0.25, -0.2) is 4.79 Å². The van der Waals surface area contributed by atoms with E-state index in [4.69, 9.17) is 0 Å². The first-order chi connectivity index (χ1) is 14.1. The Bertz CT molecular complexity index is 877. The summed E-state index contributed by atoms with van der Waals surface area (Å²) in [4.78, 5) is 38.7. The highest BCUT2D eigenvalue weighted by Crippen LogP contribution is 2.35. The maximum Gasteiger partial charge on any atom is 0.315 e. The highest BCUT2D eigenvalue weighted by Gasteiger charge is 2.52. The lowest BCUT2D eigenvalue weighted by atomic mass is 9.73. The number of aromatic amines is 1. The minimum Gasteiger partial charge on any atom is -0.355 e. The fourth-order valence-corrected chi connectivity index (χ4v) is 3.91. The van der Waals surface area contributed by atoms with E-state index in [2.05, 4.69) is 26.1 Å². The molecule has 2 fully saturated rings. The molecule has 0 spiro atoms. The van der Waals surface area contributed by atoms with E-state index in [0.717, 1.165) is 11.3 Å².